The number of nitrogens with zero attached hydrogens (tertiary/aromatic N) is 7. The Morgan fingerprint density at radius 3 is 2.62 bits per heavy atom. The first-order chi connectivity index (χ1) is 6.29. The number of hydrogen-bond acceptors (Lipinski definition) is 4. The molecule has 0 bridgehead atoms. The molecule has 0 aromatic carbocycles. The van der Waals surface area contributed by atoms with E-state index in [1.165, 1.54) is 12.3 Å². The second kappa shape index (κ2) is 3.82. The van der Waals surface area contributed by atoms with Gasteiger partial charge in [-0.15, -0.1) is 0 Å². The second-order valence-electron chi connectivity index (χ2n) is 1.95. The van der Waals surface area contributed by atoms with Crippen LogP contribution in [0.3, 0.4) is 0 Å². The van der Waals surface area contributed by atoms with Gasteiger partial charge in [-0.3, -0.25) is 4.98 Å². The van der Waals surface area contributed by atoms with E-state index in [2.05, 4.69) is 25.0 Å². The van der Waals surface area contributed by atoms with E-state index in [9.17, 15) is 0 Å². The third-order valence-corrected chi connectivity index (χ3v) is 1.22. The topological polar surface area (TPSA) is 136 Å². The van der Waals surface area contributed by atoms with Crippen molar-refractivity contribution in [3.8, 4) is 0 Å². The van der Waals surface area contributed by atoms with Gasteiger partial charge in [0.25, 0.3) is 0 Å². The number of nitrogens with two attached hydrogens (primary N) is 1. The molecule has 0 spiro atoms. The summed E-state index contributed by atoms with van der Waals surface area (Å²) in [5, 5.41) is 6.46. The van der Waals surface area contributed by atoms with Crippen LogP contribution in [0, 0.1) is 0 Å². The Hall–Kier alpha value is -2.43. The average Bonchev–Trinajstić information content (AvgIpc) is 2.11. The van der Waals surface area contributed by atoms with Gasteiger partial charge in [0.15, 0.2) is 0 Å². The highest BCUT2D eigenvalue weighted by Gasteiger charge is 2.02. The lowest BCUT2D eigenvalue weighted by molar-refractivity contribution is 1.24. The number of aromatic nitrogens is 1. The van der Waals surface area contributed by atoms with Gasteiger partial charge in [0, 0.05) is 21.7 Å². The Balaban J connectivity index is 3.41. The largest absolute Gasteiger partial charge is 0.398 e. The summed E-state index contributed by atoms with van der Waals surface area (Å²) >= 11 is 0. The zero-order valence-electron chi connectivity index (χ0n) is 6.36. The van der Waals surface area contributed by atoms with Gasteiger partial charge < -0.3 is 5.73 Å². The van der Waals surface area contributed by atoms with E-state index < -0.39 is 0 Å². The molecule has 64 valence electrons. The van der Waals surface area contributed by atoms with Crippen LogP contribution in [-0.4, -0.2) is 4.98 Å². The third-order valence-electron chi connectivity index (χ3n) is 1.22. The monoisotopic (exact) mass is 176 g/mol. The van der Waals surface area contributed by atoms with Crippen LogP contribution < -0.4 is 5.73 Å². The van der Waals surface area contributed by atoms with Crippen molar-refractivity contribution in [2.45, 2.75) is 0 Å². The predicted octanol–water partition coefficient (Wildman–Crippen LogP) is 2.55. The lowest BCUT2D eigenvalue weighted by Gasteiger charge is -1.99. The fourth-order valence-corrected chi connectivity index (χ4v) is 0.720. The summed E-state index contributed by atoms with van der Waals surface area (Å²) in [4.78, 5) is 8.73. The number of pyridine rings is 1. The van der Waals surface area contributed by atoms with Crippen molar-refractivity contribution in [3.63, 3.8) is 0 Å². The van der Waals surface area contributed by atoms with Gasteiger partial charge in [-0.2, -0.15) is 0 Å². The molecule has 0 amide bonds. The smallest absolute Gasteiger partial charge is 0.138 e. The SMILES string of the molecule is [N-]=[N+]=Nc1nccc(N)c1N=[N+]=[N-]. The average molecular weight is 176 g/mol. The van der Waals surface area contributed by atoms with E-state index in [0.717, 1.165) is 0 Å². The molecule has 8 heteroatoms. The van der Waals surface area contributed by atoms with E-state index in [0.29, 0.717) is 0 Å². The Kier molecular flexibility index (Phi) is 2.54. The molecule has 0 saturated carbocycles. The molecule has 0 unspecified atom stereocenters. The van der Waals surface area contributed by atoms with Crippen LogP contribution in [0.5, 0.6) is 0 Å². The van der Waals surface area contributed by atoms with Gasteiger partial charge in [0.05, 0.1) is 5.69 Å². The number of azide groups is 2. The first-order valence-electron chi connectivity index (χ1n) is 3.14. The highest BCUT2D eigenvalue weighted by Crippen LogP contribution is 2.31. The van der Waals surface area contributed by atoms with Crippen LogP contribution in [0.1, 0.15) is 0 Å². The molecule has 0 aliphatic heterocycles. The van der Waals surface area contributed by atoms with Crippen LogP contribution in [0.4, 0.5) is 17.2 Å². The summed E-state index contributed by atoms with van der Waals surface area (Å²) in [7, 11) is 0. The van der Waals surface area contributed by atoms with Crippen LogP contribution in [0.15, 0.2) is 22.5 Å². The molecule has 0 atom stereocenters. The van der Waals surface area contributed by atoms with Crippen molar-refractivity contribution in [2.75, 3.05) is 5.73 Å². The molecular formula is C5H4N8. The molecule has 1 aromatic heterocycles. The number of nitrogen functional groups attached to an aromatic ring is 1. The maximum atomic E-state index is 8.18. The van der Waals surface area contributed by atoms with Crippen molar-refractivity contribution in [1.82, 2.24) is 4.98 Å². The van der Waals surface area contributed by atoms with Gasteiger partial charge in [-0.05, 0) is 22.2 Å². The lowest BCUT2D eigenvalue weighted by Crippen LogP contribution is -1.85. The fraction of sp³-hybridized carbons (Fsp3) is 0. The van der Waals surface area contributed by atoms with Crippen molar-refractivity contribution in [2.24, 2.45) is 10.2 Å². The maximum Gasteiger partial charge on any atom is 0.138 e. The summed E-state index contributed by atoms with van der Waals surface area (Å²) in [5.74, 6) is -0.0275. The molecule has 1 aromatic rings. The lowest BCUT2D eigenvalue weighted by atomic mass is 10.3. The van der Waals surface area contributed by atoms with Crippen LogP contribution in [0.2, 0.25) is 0 Å². The van der Waals surface area contributed by atoms with Gasteiger partial charge in [-0.25, -0.2) is 0 Å². The first-order valence-corrected chi connectivity index (χ1v) is 3.14. The van der Waals surface area contributed by atoms with E-state index in [-0.39, 0.29) is 17.2 Å². The molecule has 0 radical (unpaired) electrons. The van der Waals surface area contributed by atoms with E-state index in [1.807, 2.05) is 0 Å². The predicted molar refractivity (Wildman–Crippen MR) is 46.3 cm³/mol. The molecule has 8 nitrogen and oxygen atoms in total. The van der Waals surface area contributed by atoms with Crippen LogP contribution in [-0.2, 0) is 0 Å². The van der Waals surface area contributed by atoms with Gasteiger partial charge in [0.2, 0.25) is 0 Å². The van der Waals surface area contributed by atoms with E-state index >= 15 is 0 Å². The van der Waals surface area contributed by atoms with Crippen molar-refractivity contribution in [1.29, 1.82) is 0 Å². The van der Waals surface area contributed by atoms with Gasteiger partial charge >= 0.3 is 0 Å². The highest BCUT2D eigenvalue weighted by molar-refractivity contribution is 5.72. The van der Waals surface area contributed by atoms with E-state index in [1.54, 1.807) is 0 Å². The van der Waals surface area contributed by atoms with Crippen LogP contribution in [0.25, 0.3) is 20.9 Å². The van der Waals surface area contributed by atoms with Gasteiger partial charge in [0.1, 0.15) is 5.82 Å². The van der Waals surface area contributed by atoms with Crippen LogP contribution >= 0.6 is 0 Å². The molecular weight excluding hydrogens is 172 g/mol. The molecule has 13 heavy (non-hydrogen) atoms. The molecule has 0 fully saturated rings. The minimum absolute atomic E-state index is 0.0275. The number of rotatable bonds is 2. The Bertz CT molecular complexity index is 411. The second-order valence-corrected chi connectivity index (χ2v) is 1.95. The molecule has 0 aliphatic carbocycles. The summed E-state index contributed by atoms with van der Waals surface area (Å²) in [6, 6.07) is 1.44. The van der Waals surface area contributed by atoms with Crippen molar-refractivity contribution in [3.05, 3.63) is 33.1 Å². The fourth-order valence-electron chi connectivity index (χ4n) is 0.720. The normalized spacial score (nSPS) is 8.31. The molecule has 1 rings (SSSR count). The minimum Gasteiger partial charge on any atom is -0.398 e. The van der Waals surface area contributed by atoms with Crippen molar-refractivity contribution >= 4 is 17.2 Å². The summed E-state index contributed by atoms with van der Waals surface area (Å²) < 4.78 is 0. The summed E-state index contributed by atoms with van der Waals surface area (Å²) in [5.41, 5.74) is 22.0. The summed E-state index contributed by atoms with van der Waals surface area (Å²) in [6.07, 6.45) is 1.36. The molecule has 2 N–H and O–H groups in total. The summed E-state index contributed by atoms with van der Waals surface area (Å²) in [6.45, 7) is 0. The number of hydrogen-bond donors (Lipinski definition) is 1. The van der Waals surface area contributed by atoms with E-state index in [4.69, 9.17) is 16.8 Å². The molecule has 1 heterocycles. The first kappa shape index (κ1) is 8.66. The zero-order valence-corrected chi connectivity index (χ0v) is 6.36. The Morgan fingerprint density at radius 1 is 1.31 bits per heavy atom. The quantitative estimate of drug-likeness (QED) is 0.420. The van der Waals surface area contributed by atoms with Gasteiger partial charge in [-0.1, -0.05) is 5.11 Å². The highest BCUT2D eigenvalue weighted by atomic mass is 15.2. The molecule has 0 aliphatic rings. The molecule has 0 saturated heterocycles. The Morgan fingerprint density at radius 2 is 2.00 bits per heavy atom. The maximum absolute atomic E-state index is 8.18. The number of anilines is 1. The standard InChI is InChI=1S/C5H4N8/c6-3-1-2-9-5(11-13-8)4(3)10-12-7/h1-2H,(H2,6,9). The third kappa shape index (κ3) is 1.78. The minimum atomic E-state index is -0.0275. The van der Waals surface area contributed by atoms with Crippen molar-refractivity contribution < 1.29 is 0 Å². The zero-order chi connectivity index (χ0) is 9.68. The Labute approximate surface area is 72.3 Å².